The molecular formula is C14H24N2O3. The van der Waals surface area contributed by atoms with Gasteiger partial charge in [-0.15, -0.1) is 0 Å². The number of methoxy groups -OCH3 is 1. The van der Waals surface area contributed by atoms with Gasteiger partial charge in [-0.05, 0) is 39.0 Å². The number of amides is 2. The molecule has 1 heterocycles. The van der Waals surface area contributed by atoms with E-state index < -0.39 is 11.6 Å². The van der Waals surface area contributed by atoms with Gasteiger partial charge in [-0.1, -0.05) is 6.92 Å². The summed E-state index contributed by atoms with van der Waals surface area (Å²) in [5.74, 6) is 0.305. The van der Waals surface area contributed by atoms with Gasteiger partial charge in [-0.3, -0.25) is 9.59 Å². The van der Waals surface area contributed by atoms with Gasteiger partial charge in [-0.25, -0.2) is 0 Å². The van der Waals surface area contributed by atoms with Crippen molar-refractivity contribution in [2.24, 2.45) is 5.92 Å². The zero-order valence-corrected chi connectivity index (χ0v) is 12.2. The molecule has 2 aliphatic rings. The second kappa shape index (κ2) is 5.12. The van der Waals surface area contributed by atoms with Crippen molar-refractivity contribution in [3.05, 3.63) is 0 Å². The van der Waals surface area contributed by atoms with Crippen molar-refractivity contribution in [2.75, 3.05) is 13.7 Å². The maximum Gasteiger partial charge on any atom is 0.246 e. The summed E-state index contributed by atoms with van der Waals surface area (Å²) in [6.07, 6.45) is 2.66. The first-order valence-electron chi connectivity index (χ1n) is 7.09. The molecule has 5 heteroatoms. The lowest BCUT2D eigenvalue weighted by Crippen LogP contribution is -2.72. The van der Waals surface area contributed by atoms with Gasteiger partial charge in [0.25, 0.3) is 0 Å². The van der Waals surface area contributed by atoms with Crippen LogP contribution in [0.5, 0.6) is 0 Å². The van der Waals surface area contributed by atoms with E-state index in [2.05, 4.69) is 5.32 Å². The molecule has 19 heavy (non-hydrogen) atoms. The van der Waals surface area contributed by atoms with Crippen molar-refractivity contribution in [1.29, 1.82) is 0 Å². The summed E-state index contributed by atoms with van der Waals surface area (Å²) in [4.78, 5) is 26.9. The Bertz CT molecular complexity index is 381. The molecule has 2 amide bonds. The monoisotopic (exact) mass is 268 g/mol. The topological polar surface area (TPSA) is 58.6 Å². The average molecular weight is 268 g/mol. The van der Waals surface area contributed by atoms with E-state index in [1.165, 1.54) is 0 Å². The fraction of sp³-hybridized carbons (Fsp3) is 0.857. The summed E-state index contributed by atoms with van der Waals surface area (Å²) in [6, 6.07) is -0.471. The molecule has 1 aliphatic heterocycles. The number of carbonyl (C=O) groups is 2. The molecule has 3 unspecified atom stereocenters. The number of hydrogen-bond acceptors (Lipinski definition) is 3. The maximum atomic E-state index is 12.6. The molecule has 1 saturated heterocycles. The summed E-state index contributed by atoms with van der Waals surface area (Å²) in [7, 11) is 1.62. The van der Waals surface area contributed by atoms with Crippen LogP contribution in [0.15, 0.2) is 0 Å². The second-order valence-electron chi connectivity index (χ2n) is 5.87. The lowest BCUT2D eigenvalue weighted by molar-refractivity contribution is -0.162. The number of hydrogen-bond donors (Lipinski definition) is 1. The van der Waals surface area contributed by atoms with E-state index in [0.29, 0.717) is 13.0 Å². The number of rotatable bonds is 5. The lowest BCUT2D eigenvalue weighted by Gasteiger charge is -2.49. The van der Waals surface area contributed by atoms with Crippen molar-refractivity contribution in [3.8, 4) is 0 Å². The van der Waals surface area contributed by atoms with Crippen LogP contribution in [0, 0.1) is 5.92 Å². The highest BCUT2D eigenvalue weighted by atomic mass is 16.5. The van der Waals surface area contributed by atoms with Gasteiger partial charge in [0.05, 0.1) is 12.6 Å². The fourth-order valence-electron chi connectivity index (χ4n) is 3.17. The third-order valence-electron chi connectivity index (χ3n) is 4.43. The minimum atomic E-state index is -0.708. The van der Waals surface area contributed by atoms with Crippen molar-refractivity contribution < 1.29 is 14.3 Å². The third kappa shape index (κ3) is 2.24. The Balaban J connectivity index is 2.33. The van der Waals surface area contributed by atoms with Crippen LogP contribution in [0.25, 0.3) is 0 Å². The largest absolute Gasteiger partial charge is 0.383 e. The zero-order valence-electron chi connectivity index (χ0n) is 12.2. The molecule has 0 radical (unpaired) electrons. The SMILES string of the molecule is CCC1NC(=O)C(C)(C2CC2)N(C(C)COC)C1=O. The van der Waals surface area contributed by atoms with E-state index in [-0.39, 0.29) is 23.8 Å². The Morgan fingerprint density at radius 1 is 1.47 bits per heavy atom. The average Bonchev–Trinajstić information content (AvgIpc) is 3.18. The Labute approximate surface area is 114 Å². The molecule has 1 N–H and O–H groups in total. The van der Waals surface area contributed by atoms with Gasteiger partial charge in [-0.2, -0.15) is 0 Å². The number of carbonyl (C=O) groups excluding carboxylic acids is 2. The molecule has 1 aliphatic carbocycles. The molecule has 0 bridgehead atoms. The minimum absolute atomic E-state index is 0.00981. The number of nitrogens with zero attached hydrogens (tertiary/aromatic N) is 1. The van der Waals surface area contributed by atoms with E-state index in [1.54, 1.807) is 12.0 Å². The molecule has 108 valence electrons. The molecule has 0 aromatic rings. The Hall–Kier alpha value is -1.10. The standard InChI is InChI=1S/C14H24N2O3/c1-5-11-12(17)16(9(2)8-19-4)14(3,10-6-7-10)13(18)15-11/h9-11H,5-8H2,1-4H3,(H,15,18). The highest BCUT2D eigenvalue weighted by molar-refractivity contribution is 6.00. The van der Waals surface area contributed by atoms with Crippen molar-refractivity contribution in [1.82, 2.24) is 10.2 Å². The van der Waals surface area contributed by atoms with Crippen LogP contribution in [0.2, 0.25) is 0 Å². The van der Waals surface area contributed by atoms with Gasteiger partial charge in [0.2, 0.25) is 11.8 Å². The summed E-state index contributed by atoms with van der Waals surface area (Å²) in [5, 5.41) is 2.88. The van der Waals surface area contributed by atoms with E-state index in [9.17, 15) is 9.59 Å². The van der Waals surface area contributed by atoms with Crippen LogP contribution in [-0.2, 0) is 14.3 Å². The molecule has 0 aromatic heterocycles. The van der Waals surface area contributed by atoms with Crippen LogP contribution in [0.1, 0.15) is 40.0 Å². The molecule has 3 atom stereocenters. The molecule has 0 spiro atoms. The molecule has 2 rings (SSSR count). The van der Waals surface area contributed by atoms with E-state index in [0.717, 1.165) is 12.8 Å². The van der Waals surface area contributed by atoms with Gasteiger partial charge < -0.3 is 15.0 Å². The van der Waals surface area contributed by atoms with Gasteiger partial charge in [0, 0.05) is 7.11 Å². The summed E-state index contributed by atoms with van der Waals surface area (Å²) < 4.78 is 5.18. The second-order valence-corrected chi connectivity index (χ2v) is 5.87. The molecule has 2 fully saturated rings. The molecule has 1 saturated carbocycles. The van der Waals surface area contributed by atoms with E-state index in [4.69, 9.17) is 4.74 Å². The number of nitrogens with one attached hydrogen (secondary N) is 1. The number of ether oxygens (including phenoxy) is 1. The highest BCUT2D eigenvalue weighted by Gasteiger charge is 2.57. The normalized spacial score (nSPS) is 33.3. The van der Waals surface area contributed by atoms with Gasteiger partial charge in [0.1, 0.15) is 11.6 Å². The van der Waals surface area contributed by atoms with Gasteiger partial charge in [0.15, 0.2) is 0 Å². The predicted octanol–water partition coefficient (Wildman–Crippen LogP) is 0.927. The van der Waals surface area contributed by atoms with Crippen LogP contribution < -0.4 is 5.32 Å². The van der Waals surface area contributed by atoms with Crippen LogP contribution >= 0.6 is 0 Å². The first kappa shape index (κ1) is 14.3. The first-order chi connectivity index (χ1) is 8.96. The van der Waals surface area contributed by atoms with Crippen LogP contribution in [0.4, 0.5) is 0 Å². The third-order valence-corrected chi connectivity index (χ3v) is 4.43. The Kier molecular flexibility index (Phi) is 3.85. The highest BCUT2D eigenvalue weighted by Crippen LogP contribution is 2.45. The van der Waals surface area contributed by atoms with Crippen LogP contribution in [0.3, 0.4) is 0 Å². The molecule has 5 nitrogen and oxygen atoms in total. The quantitative estimate of drug-likeness (QED) is 0.807. The number of piperazine rings is 1. The van der Waals surface area contributed by atoms with Crippen molar-refractivity contribution >= 4 is 11.8 Å². The van der Waals surface area contributed by atoms with Gasteiger partial charge >= 0.3 is 0 Å². The Morgan fingerprint density at radius 2 is 2.11 bits per heavy atom. The molecular weight excluding hydrogens is 244 g/mol. The first-order valence-corrected chi connectivity index (χ1v) is 7.09. The predicted molar refractivity (Wildman–Crippen MR) is 71.5 cm³/mol. The summed E-state index contributed by atoms with van der Waals surface area (Å²) in [6.45, 7) is 6.23. The summed E-state index contributed by atoms with van der Waals surface area (Å²) >= 11 is 0. The van der Waals surface area contributed by atoms with Crippen molar-refractivity contribution in [2.45, 2.75) is 57.7 Å². The minimum Gasteiger partial charge on any atom is -0.383 e. The van der Waals surface area contributed by atoms with Crippen LogP contribution in [-0.4, -0.2) is 48.1 Å². The molecule has 0 aromatic carbocycles. The van der Waals surface area contributed by atoms with Crippen molar-refractivity contribution in [3.63, 3.8) is 0 Å². The Morgan fingerprint density at radius 3 is 2.58 bits per heavy atom. The zero-order chi connectivity index (χ0) is 14.2. The smallest absolute Gasteiger partial charge is 0.246 e. The fourth-order valence-corrected chi connectivity index (χ4v) is 3.17. The van der Waals surface area contributed by atoms with E-state index in [1.807, 2.05) is 20.8 Å². The summed E-state index contributed by atoms with van der Waals surface area (Å²) in [5.41, 5.74) is -0.708. The van der Waals surface area contributed by atoms with E-state index >= 15 is 0 Å². The maximum absolute atomic E-state index is 12.6. The lowest BCUT2D eigenvalue weighted by atomic mass is 9.86.